The Bertz CT molecular complexity index is 558. The van der Waals surface area contributed by atoms with Crippen LogP contribution in [0, 0.1) is 29.3 Å². The molecule has 0 amide bonds. The van der Waals surface area contributed by atoms with Crippen LogP contribution in [0.15, 0.2) is 24.0 Å². The molecule has 1 aliphatic rings. The largest absolute Gasteiger partial charge is 0.485 e. The van der Waals surface area contributed by atoms with Gasteiger partial charge in [-0.2, -0.15) is 0 Å². The fourth-order valence-corrected chi connectivity index (χ4v) is 2.02. The zero-order valence-electron chi connectivity index (χ0n) is 11.2. The van der Waals surface area contributed by atoms with Gasteiger partial charge in [0, 0.05) is 5.56 Å². The van der Waals surface area contributed by atoms with Gasteiger partial charge < -0.3 is 4.74 Å². The third kappa shape index (κ3) is 3.57. The number of benzene rings is 1. The first-order valence-electron chi connectivity index (χ1n) is 6.59. The van der Waals surface area contributed by atoms with Crippen molar-refractivity contribution in [2.75, 3.05) is 0 Å². The van der Waals surface area contributed by atoms with E-state index in [1.54, 1.807) is 6.26 Å². The lowest BCUT2D eigenvalue weighted by Crippen LogP contribution is -2.12. The van der Waals surface area contributed by atoms with Gasteiger partial charge in [0.15, 0.2) is 23.6 Å². The molecule has 0 bridgehead atoms. The summed E-state index contributed by atoms with van der Waals surface area (Å²) in [6, 6.07) is 1.76. The Balaban J connectivity index is 2.05. The number of rotatable bonds is 2. The number of halogens is 3. The minimum atomic E-state index is -1.48. The van der Waals surface area contributed by atoms with Crippen molar-refractivity contribution in [1.29, 1.82) is 0 Å². The normalized spacial score (nSPS) is 17.8. The highest BCUT2D eigenvalue weighted by atomic mass is 19.2. The predicted molar refractivity (Wildman–Crippen MR) is 70.3 cm³/mol. The molecule has 0 saturated carbocycles. The Kier molecular flexibility index (Phi) is 4.73. The minimum absolute atomic E-state index is 0.105. The fraction of sp³-hybridized carbons (Fsp3) is 0.375. The first kappa shape index (κ1) is 14.5. The lowest BCUT2D eigenvalue weighted by Gasteiger charge is -2.18. The van der Waals surface area contributed by atoms with Crippen LogP contribution >= 0.6 is 0 Å². The van der Waals surface area contributed by atoms with Gasteiger partial charge >= 0.3 is 0 Å². The lowest BCUT2D eigenvalue weighted by molar-refractivity contribution is 0.166. The topological polar surface area (TPSA) is 9.23 Å². The third-order valence-electron chi connectivity index (χ3n) is 3.06. The molecule has 1 unspecified atom stereocenters. The van der Waals surface area contributed by atoms with Crippen molar-refractivity contribution in [3.8, 4) is 11.8 Å². The summed E-state index contributed by atoms with van der Waals surface area (Å²) in [6.07, 6.45) is 5.18. The van der Waals surface area contributed by atoms with Crippen LogP contribution in [0.2, 0.25) is 0 Å². The van der Waals surface area contributed by atoms with Crippen molar-refractivity contribution in [3.63, 3.8) is 0 Å². The van der Waals surface area contributed by atoms with Crippen molar-refractivity contribution < 1.29 is 17.9 Å². The van der Waals surface area contributed by atoms with Crippen LogP contribution in [0.4, 0.5) is 13.2 Å². The zero-order chi connectivity index (χ0) is 14.5. The summed E-state index contributed by atoms with van der Waals surface area (Å²) in [7, 11) is 0. The molecule has 20 heavy (non-hydrogen) atoms. The molecule has 0 saturated heterocycles. The maximum atomic E-state index is 13.0. The average Bonchev–Trinajstić information content (AvgIpc) is 2.44. The Morgan fingerprint density at radius 1 is 1.25 bits per heavy atom. The lowest BCUT2D eigenvalue weighted by atomic mass is 10.0. The van der Waals surface area contributed by atoms with Gasteiger partial charge in [0.05, 0.1) is 6.26 Å². The van der Waals surface area contributed by atoms with Crippen molar-refractivity contribution in [2.24, 2.45) is 0 Å². The fourth-order valence-electron chi connectivity index (χ4n) is 2.02. The molecule has 106 valence electrons. The van der Waals surface area contributed by atoms with Gasteiger partial charge in [-0.3, -0.25) is 0 Å². The van der Waals surface area contributed by atoms with Crippen molar-refractivity contribution in [2.45, 2.75) is 38.7 Å². The summed E-state index contributed by atoms with van der Waals surface area (Å²) in [5, 5.41) is 0. The highest BCUT2D eigenvalue weighted by Crippen LogP contribution is 2.21. The van der Waals surface area contributed by atoms with E-state index in [0.29, 0.717) is 0 Å². The highest BCUT2D eigenvalue weighted by Gasteiger charge is 2.13. The number of allylic oxidation sites excluding steroid dienone is 1. The Labute approximate surface area is 116 Å². The second-order valence-electron chi connectivity index (χ2n) is 4.71. The summed E-state index contributed by atoms with van der Waals surface area (Å²) >= 11 is 0. The molecular formula is C16H15F3O. The first-order valence-corrected chi connectivity index (χ1v) is 6.59. The molecule has 1 atom stereocenters. The van der Waals surface area contributed by atoms with Crippen LogP contribution in [0.1, 0.15) is 38.2 Å². The first-order chi connectivity index (χ1) is 9.60. The van der Waals surface area contributed by atoms with E-state index < -0.39 is 17.5 Å². The summed E-state index contributed by atoms with van der Waals surface area (Å²) in [5.41, 5.74) is 1.36. The molecule has 1 nitrogen and oxygen atoms in total. The molecule has 1 aromatic rings. The molecule has 1 heterocycles. The van der Waals surface area contributed by atoms with Gasteiger partial charge in [0.25, 0.3) is 0 Å². The second-order valence-corrected chi connectivity index (χ2v) is 4.71. The summed E-state index contributed by atoms with van der Waals surface area (Å²) in [5.74, 6) is 1.48. The number of ether oxygens (including phenoxy) is 1. The standard InChI is InChI=1S/C16H15F3O/c1-2-3-11-4-6-13(20-10-11)7-5-12-8-14(17)16(19)15(18)9-12/h8-10,13H,2-4,6H2,1H3. The van der Waals surface area contributed by atoms with Gasteiger partial charge in [0.1, 0.15) is 0 Å². The second kappa shape index (κ2) is 6.51. The predicted octanol–water partition coefficient (Wildman–Crippen LogP) is 4.32. The molecule has 1 aliphatic heterocycles. The molecule has 0 aromatic heterocycles. The molecule has 0 spiro atoms. The van der Waals surface area contributed by atoms with E-state index in [1.165, 1.54) is 5.57 Å². The van der Waals surface area contributed by atoms with E-state index in [4.69, 9.17) is 4.74 Å². The van der Waals surface area contributed by atoms with E-state index in [9.17, 15) is 13.2 Å². The highest BCUT2D eigenvalue weighted by molar-refractivity contribution is 5.36. The monoisotopic (exact) mass is 280 g/mol. The average molecular weight is 280 g/mol. The van der Waals surface area contributed by atoms with E-state index in [0.717, 1.165) is 37.8 Å². The van der Waals surface area contributed by atoms with Crippen molar-refractivity contribution in [3.05, 3.63) is 47.0 Å². The quantitative estimate of drug-likeness (QED) is 0.579. The van der Waals surface area contributed by atoms with Gasteiger partial charge in [-0.15, -0.1) is 0 Å². The molecular weight excluding hydrogens is 265 g/mol. The Morgan fingerprint density at radius 2 is 1.95 bits per heavy atom. The molecule has 0 radical (unpaired) electrons. The van der Waals surface area contributed by atoms with Crippen LogP contribution < -0.4 is 0 Å². The van der Waals surface area contributed by atoms with Crippen molar-refractivity contribution in [1.82, 2.24) is 0 Å². The maximum absolute atomic E-state index is 13.0. The zero-order valence-corrected chi connectivity index (χ0v) is 11.2. The van der Waals surface area contributed by atoms with E-state index in [1.807, 2.05) is 0 Å². The Morgan fingerprint density at radius 3 is 2.50 bits per heavy atom. The smallest absolute Gasteiger partial charge is 0.194 e. The van der Waals surface area contributed by atoms with Gasteiger partial charge in [-0.05, 0) is 37.0 Å². The molecule has 1 aromatic carbocycles. The van der Waals surface area contributed by atoms with Gasteiger partial charge in [-0.25, -0.2) is 13.2 Å². The summed E-state index contributed by atoms with van der Waals surface area (Å²) in [6.45, 7) is 2.10. The molecule has 2 rings (SSSR count). The van der Waals surface area contributed by atoms with Crippen LogP contribution in [-0.4, -0.2) is 6.10 Å². The molecule has 0 fully saturated rings. The van der Waals surface area contributed by atoms with Crippen molar-refractivity contribution >= 4 is 0 Å². The minimum Gasteiger partial charge on any atom is -0.485 e. The SMILES string of the molecule is CCCC1=COC(C#Cc2cc(F)c(F)c(F)c2)CC1. The third-order valence-corrected chi connectivity index (χ3v) is 3.06. The van der Waals surface area contributed by atoms with E-state index >= 15 is 0 Å². The molecule has 0 N–H and O–H groups in total. The van der Waals surface area contributed by atoms with Crippen LogP contribution in [-0.2, 0) is 4.74 Å². The van der Waals surface area contributed by atoms with Crippen LogP contribution in [0.3, 0.4) is 0 Å². The maximum Gasteiger partial charge on any atom is 0.194 e. The van der Waals surface area contributed by atoms with Gasteiger partial charge in [0.2, 0.25) is 0 Å². The summed E-state index contributed by atoms with van der Waals surface area (Å²) < 4.78 is 44.3. The summed E-state index contributed by atoms with van der Waals surface area (Å²) in [4.78, 5) is 0. The van der Waals surface area contributed by atoms with Crippen LogP contribution in [0.25, 0.3) is 0 Å². The Hall–Kier alpha value is -1.89. The molecule has 4 heteroatoms. The van der Waals surface area contributed by atoms with E-state index in [-0.39, 0.29) is 11.7 Å². The van der Waals surface area contributed by atoms with Gasteiger partial charge in [-0.1, -0.05) is 25.2 Å². The molecule has 0 aliphatic carbocycles. The van der Waals surface area contributed by atoms with E-state index in [2.05, 4.69) is 18.8 Å². The number of hydrogen-bond donors (Lipinski definition) is 0. The van der Waals surface area contributed by atoms with Crippen LogP contribution in [0.5, 0.6) is 0 Å². The number of hydrogen-bond acceptors (Lipinski definition) is 1.